The fourth-order valence-corrected chi connectivity index (χ4v) is 1.14. The molecule has 0 unspecified atom stereocenters. The van der Waals surface area contributed by atoms with Gasteiger partial charge in [-0.05, 0) is 16.1 Å². The number of fused-ring (bicyclic) bond motifs is 1. The Hall–Kier alpha value is -2.51. The standard InChI is InChI=1S/C7H4N4O4/c12-7-5-2-1-4(11(14)15)3-6(5)8-9-10(7)13/h1-3,13H. The average molecular weight is 208 g/mol. The summed E-state index contributed by atoms with van der Waals surface area (Å²) in [6.07, 6.45) is 0. The van der Waals surface area contributed by atoms with Crippen LogP contribution in [-0.2, 0) is 0 Å². The van der Waals surface area contributed by atoms with Gasteiger partial charge in [-0.1, -0.05) is 0 Å². The van der Waals surface area contributed by atoms with Gasteiger partial charge in [0, 0.05) is 12.1 Å². The summed E-state index contributed by atoms with van der Waals surface area (Å²) in [7, 11) is 0. The SMILES string of the molecule is O=c1c2ccc([N+](=O)[O-])cc2nnn1O. The van der Waals surface area contributed by atoms with Crippen LogP contribution < -0.4 is 5.56 Å². The number of hydrogen-bond donors (Lipinski definition) is 1. The molecule has 0 fully saturated rings. The molecule has 15 heavy (non-hydrogen) atoms. The molecule has 0 saturated heterocycles. The van der Waals surface area contributed by atoms with Gasteiger partial charge >= 0.3 is 5.56 Å². The molecule has 1 aromatic heterocycles. The second-order valence-electron chi connectivity index (χ2n) is 2.74. The molecular weight excluding hydrogens is 204 g/mol. The highest BCUT2D eigenvalue weighted by molar-refractivity contribution is 5.79. The smallest absolute Gasteiger partial charge is 0.314 e. The van der Waals surface area contributed by atoms with E-state index >= 15 is 0 Å². The lowest BCUT2D eigenvalue weighted by molar-refractivity contribution is -0.384. The number of aromatic nitrogens is 3. The molecule has 8 nitrogen and oxygen atoms in total. The first kappa shape index (κ1) is 9.06. The summed E-state index contributed by atoms with van der Waals surface area (Å²) in [4.78, 5) is 21.1. The molecule has 0 aliphatic carbocycles. The van der Waals surface area contributed by atoms with Gasteiger partial charge in [0.25, 0.3) is 5.69 Å². The highest BCUT2D eigenvalue weighted by Crippen LogP contribution is 2.15. The summed E-state index contributed by atoms with van der Waals surface area (Å²) >= 11 is 0. The van der Waals surface area contributed by atoms with Crippen molar-refractivity contribution >= 4 is 16.6 Å². The van der Waals surface area contributed by atoms with Crippen molar-refractivity contribution in [2.24, 2.45) is 0 Å². The van der Waals surface area contributed by atoms with Gasteiger partial charge in [0.1, 0.15) is 5.52 Å². The zero-order valence-electron chi connectivity index (χ0n) is 7.19. The Labute approximate surface area is 81.5 Å². The van der Waals surface area contributed by atoms with Crippen molar-refractivity contribution < 1.29 is 10.1 Å². The number of nitro groups is 1. The van der Waals surface area contributed by atoms with Gasteiger partial charge in [0.15, 0.2) is 0 Å². The van der Waals surface area contributed by atoms with Crippen molar-refractivity contribution in [1.82, 2.24) is 15.2 Å². The fraction of sp³-hybridized carbons (Fsp3) is 0. The third kappa shape index (κ3) is 1.37. The largest absolute Gasteiger partial charge is 0.407 e. The fourth-order valence-electron chi connectivity index (χ4n) is 1.14. The first-order valence-corrected chi connectivity index (χ1v) is 3.83. The molecule has 0 aliphatic heterocycles. The molecule has 0 amide bonds. The summed E-state index contributed by atoms with van der Waals surface area (Å²) < 4.78 is 0. The summed E-state index contributed by atoms with van der Waals surface area (Å²) in [6.45, 7) is 0. The molecule has 0 spiro atoms. The van der Waals surface area contributed by atoms with Crippen LogP contribution in [0.15, 0.2) is 23.0 Å². The van der Waals surface area contributed by atoms with Gasteiger partial charge in [-0.25, -0.2) is 0 Å². The van der Waals surface area contributed by atoms with Crippen molar-refractivity contribution in [1.29, 1.82) is 0 Å². The van der Waals surface area contributed by atoms with E-state index in [2.05, 4.69) is 10.3 Å². The number of nitrogens with zero attached hydrogens (tertiary/aromatic N) is 4. The van der Waals surface area contributed by atoms with Crippen molar-refractivity contribution in [3.63, 3.8) is 0 Å². The maximum atomic E-state index is 11.3. The predicted octanol–water partition coefficient (Wildman–Crippen LogP) is -0.0630. The Morgan fingerprint density at radius 3 is 2.87 bits per heavy atom. The monoisotopic (exact) mass is 208 g/mol. The number of hydrogen-bond acceptors (Lipinski definition) is 6. The predicted molar refractivity (Wildman–Crippen MR) is 47.6 cm³/mol. The summed E-state index contributed by atoms with van der Waals surface area (Å²) in [5.41, 5.74) is -0.888. The van der Waals surface area contributed by atoms with E-state index in [1.54, 1.807) is 0 Å². The minimum absolute atomic E-state index is 0.0677. The lowest BCUT2D eigenvalue weighted by Crippen LogP contribution is -2.21. The van der Waals surface area contributed by atoms with Crippen LogP contribution in [0.1, 0.15) is 0 Å². The lowest BCUT2D eigenvalue weighted by atomic mass is 10.2. The minimum atomic E-state index is -0.769. The molecule has 2 aromatic rings. The molecule has 76 valence electrons. The van der Waals surface area contributed by atoms with E-state index in [9.17, 15) is 14.9 Å². The van der Waals surface area contributed by atoms with E-state index in [1.165, 1.54) is 6.07 Å². The van der Waals surface area contributed by atoms with Crippen LogP contribution in [0.4, 0.5) is 5.69 Å². The molecule has 0 atom stereocenters. The van der Waals surface area contributed by atoms with Gasteiger partial charge in [0.2, 0.25) is 0 Å². The van der Waals surface area contributed by atoms with Crippen LogP contribution in [-0.4, -0.2) is 25.3 Å². The van der Waals surface area contributed by atoms with E-state index in [0.717, 1.165) is 12.1 Å². The van der Waals surface area contributed by atoms with Crippen LogP contribution in [0.2, 0.25) is 0 Å². The second-order valence-corrected chi connectivity index (χ2v) is 2.74. The van der Waals surface area contributed by atoms with Crippen molar-refractivity contribution in [2.45, 2.75) is 0 Å². The zero-order valence-corrected chi connectivity index (χ0v) is 7.19. The third-order valence-corrected chi connectivity index (χ3v) is 1.84. The lowest BCUT2D eigenvalue weighted by Gasteiger charge is -1.96. The van der Waals surface area contributed by atoms with Crippen LogP contribution in [0, 0.1) is 10.1 Å². The summed E-state index contributed by atoms with van der Waals surface area (Å²) in [6, 6.07) is 3.49. The van der Waals surface area contributed by atoms with Gasteiger partial charge < -0.3 is 5.21 Å². The quantitative estimate of drug-likeness (QED) is 0.399. The molecule has 1 heterocycles. The Balaban J connectivity index is 2.81. The van der Waals surface area contributed by atoms with E-state index in [-0.39, 0.29) is 21.4 Å². The molecule has 1 N–H and O–H groups in total. The van der Waals surface area contributed by atoms with Gasteiger partial charge in [-0.2, -0.15) is 0 Å². The number of benzene rings is 1. The molecule has 1 aromatic carbocycles. The highest BCUT2D eigenvalue weighted by Gasteiger charge is 2.10. The average Bonchev–Trinajstić information content (AvgIpc) is 2.23. The van der Waals surface area contributed by atoms with E-state index in [4.69, 9.17) is 5.21 Å². The maximum absolute atomic E-state index is 11.3. The van der Waals surface area contributed by atoms with Crippen molar-refractivity contribution in [2.75, 3.05) is 0 Å². The summed E-state index contributed by atoms with van der Waals surface area (Å²) in [5, 5.41) is 25.9. The highest BCUT2D eigenvalue weighted by atomic mass is 16.6. The van der Waals surface area contributed by atoms with E-state index < -0.39 is 10.5 Å². The molecule has 0 bridgehead atoms. The number of nitro benzene ring substituents is 1. The third-order valence-electron chi connectivity index (χ3n) is 1.84. The Morgan fingerprint density at radius 1 is 1.47 bits per heavy atom. The Bertz CT molecular complexity index is 605. The molecule has 0 radical (unpaired) electrons. The van der Waals surface area contributed by atoms with Crippen LogP contribution in [0.25, 0.3) is 10.9 Å². The van der Waals surface area contributed by atoms with Crippen LogP contribution >= 0.6 is 0 Å². The molecule has 0 aliphatic rings. The van der Waals surface area contributed by atoms with Gasteiger partial charge in [-0.15, -0.1) is 5.10 Å². The van der Waals surface area contributed by atoms with Gasteiger partial charge in [0.05, 0.1) is 10.3 Å². The topological polar surface area (TPSA) is 111 Å². The van der Waals surface area contributed by atoms with Crippen molar-refractivity contribution in [3.8, 4) is 0 Å². The zero-order chi connectivity index (χ0) is 11.0. The molecule has 8 heteroatoms. The van der Waals surface area contributed by atoms with Crippen LogP contribution in [0.3, 0.4) is 0 Å². The Morgan fingerprint density at radius 2 is 2.20 bits per heavy atom. The molecule has 0 saturated carbocycles. The first-order valence-electron chi connectivity index (χ1n) is 3.83. The first-order chi connectivity index (χ1) is 7.09. The van der Waals surface area contributed by atoms with E-state index in [1.807, 2.05) is 0 Å². The number of rotatable bonds is 1. The van der Waals surface area contributed by atoms with Crippen molar-refractivity contribution in [3.05, 3.63) is 38.7 Å². The molecule has 2 rings (SSSR count). The molecular formula is C7H4N4O4. The maximum Gasteiger partial charge on any atom is 0.314 e. The summed E-state index contributed by atoms with van der Waals surface area (Å²) in [5.74, 6) is 0. The Kier molecular flexibility index (Phi) is 1.82. The second kappa shape index (κ2) is 3.01. The number of non-ortho nitro benzene ring substituents is 1. The van der Waals surface area contributed by atoms with Gasteiger partial charge in [-0.3, -0.25) is 14.9 Å². The minimum Gasteiger partial charge on any atom is -0.407 e. The van der Waals surface area contributed by atoms with E-state index in [0.29, 0.717) is 0 Å². The van der Waals surface area contributed by atoms with Crippen LogP contribution in [0.5, 0.6) is 0 Å². The normalized spacial score (nSPS) is 10.4.